The van der Waals surface area contributed by atoms with Crippen molar-refractivity contribution in [3.05, 3.63) is 71.5 Å². The van der Waals surface area contributed by atoms with Crippen LogP contribution in [0.3, 0.4) is 0 Å². The Morgan fingerprint density at radius 3 is 2.15 bits per heavy atom. The molecule has 1 nitrogen and oxygen atoms in total. The lowest BCUT2D eigenvalue weighted by atomic mass is 9.59. The topological polar surface area (TPSA) is 12.0 Å². The molecule has 2 aromatic carbocycles. The van der Waals surface area contributed by atoms with Crippen molar-refractivity contribution in [3.63, 3.8) is 0 Å². The van der Waals surface area contributed by atoms with Gasteiger partial charge in [-0.1, -0.05) is 48.9 Å². The van der Waals surface area contributed by atoms with E-state index in [0.29, 0.717) is 0 Å². The van der Waals surface area contributed by atoms with Gasteiger partial charge in [0.2, 0.25) is 0 Å². The molecule has 20 heavy (non-hydrogen) atoms. The summed E-state index contributed by atoms with van der Waals surface area (Å²) in [6.45, 7) is 0. The van der Waals surface area contributed by atoms with Crippen LogP contribution in [0.4, 0.5) is 4.39 Å². The van der Waals surface area contributed by atoms with Crippen LogP contribution in [-0.2, 0) is 5.41 Å². The number of hydrogen-bond donors (Lipinski definition) is 1. The lowest BCUT2D eigenvalue weighted by Gasteiger charge is -2.48. The van der Waals surface area contributed by atoms with Crippen LogP contribution in [0.1, 0.15) is 36.4 Å². The van der Waals surface area contributed by atoms with Gasteiger partial charge < -0.3 is 5.32 Å². The average molecular weight is 269 g/mol. The molecule has 0 aromatic heterocycles. The number of rotatable bonds is 4. The largest absolute Gasteiger partial charge is 0.312 e. The molecule has 0 aliphatic heterocycles. The predicted octanol–water partition coefficient (Wildman–Crippen LogP) is 4.21. The summed E-state index contributed by atoms with van der Waals surface area (Å²) >= 11 is 0. The van der Waals surface area contributed by atoms with E-state index in [1.165, 1.54) is 24.8 Å². The van der Waals surface area contributed by atoms with Gasteiger partial charge in [0.05, 0.1) is 0 Å². The molecule has 0 bridgehead atoms. The molecule has 0 heterocycles. The first kappa shape index (κ1) is 13.3. The van der Waals surface area contributed by atoms with Gasteiger partial charge in [-0.2, -0.15) is 0 Å². The van der Waals surface area contributed by atoms with Crippen molar-refractivity contribution in [2.24, 2.45) is 0 Å². The molecule has 3 rings (SSSR count). The molecule has 104 valence electrons. The van der Waals surface area contributed by atoms with Gasteiger partial charge in [-0.05, 0) is 43.1 Å². The van der Waals surface area contributed by atoms with E-state index in [1.54, 1.807) is 12.1 Å². The van der Waals surface area contributed by atoms with Crippen molar-refractivity contribution in [2.45, 2.75) is 30.7 Å². The van der Waals surface area contributed by atoms with Crippen LogP contribution < -0.4 is 5.32 Å². The van der Waals surface area contributed by atoms with Crippen LogP contribution in [-0.4, -0.2) is 7.05 Å². The van der Waals surface area contributed by atoms with Gasteiger partial charge in [-0.3, -0.25) is 0 Å². The highest BCUT2D eigenvalue weighted by atomic mass is 19.1. The summed E-state index contributed by atoms with van der Waals surface area (Å²) in [5.41, 5.74) is 2.70. The van der Waals surface area contributed by atoms with Crippen LogP contribution in [0, 0.1) is 5.82 Å². The third-order valence-corrected chi connectivity index (χ3v) is 4.64. The molecule has 0 amide bonds. The zero-order valence-electron chi connectivity index (χ0n) is 11.8. The molecular formula is C18H20FN. The number of hydrogen-bond acceptors (Lipinski definition) is 1. The molecule has 1 fully saturated rings. The first-order chi connectivity index (χ1) is 9.76. The summed E-state index contributed by atoms with van der Waals surface area (Å²) < 4.78 is 13.1. The molecule has 2 aromatic rings. The highest BCUT2D eigenvalue weighted by Crippen LogP contribution is 2.51. The van der Waals surface area contributed by atoms with Crippen molar-refractivity contribution >= 4 is 0 Å². The molecule has 2 heteroatoms. The lowest BCUT2D eigenvalue weighted by molar-refractivity contribution is 0.175. The van der Waals surface area contributed by atoms with Gasteiger partial charge in [0.1, 0.15) is 5.82 Å². The van der Waals surface area contributed by atoms with Gasteiger partial charge in [-0.25, -0.2) is 4.39 Å². The maximum atomic E-state index is 13.1. The Kier molecular flexibility index (Phi) is 3.58. The first-order valence-electron chi connectivity index (χ1n) is 7.24. The fourth-order valence-corrected chi connectivity index (χ4v) is 3.49. The van der Waals surface area contributed by atoms with E-state index in [2.05, 4.69) is 35.6 Å². The Hall–Kier alpha value is -1.67. The lowest BCUT2D eigenvalue weighted by Crippen LogP contribution is -2.45. The van der Waals surface area contributed by atoms with Crippen molar-refractivity contribution < 1.29 is 4.39 Å². The van der Waals surface area contributed by atoms with E-state index in [1.807, 2.05) is 19.2 Å². The fourth-order valence-electron chi connectivity index (χ4n) is 3.49. The highest BCUT2D eigenvalue weighted by molar-refractivity contribution is 5.35. The van der Waals surface area contributed by atoms with Crippen LogP contribution in [0.5, 0.6) is 0 Å². The van der Waals surface area contributed by atoms with Crippen molar-refractivity contribution in [1.29, 1.82) is 0 Å². The molecular weight excluding hydrogens is 249 g/mol. The quantitative estimate of drug-likeness (QED) is 0.876. The SMILES string of the molecule is CNC(c1ccc(F)cc1)C1(c2ccccc2)CCC1. The molecule has 1 N–H and O–H groups in total. The summed E-state index contributed by atoms with van der Waals surface area (Å²) in [6, 6.07) is 17.8. The molecule has 1 aliphatic rings. The molecule has 1 aliphatic carbocycles. The van der Waals surface area contributed by atoms with E-state index in [9.17, 15) is 4.39 Å². The minimum Gasteiger partial charge on any atom is -0.312 e. The third-order valence-electron chi connectivity index (χ3n) is 4.64. The van der Waals surface area contributed by atoms with Crippen molar-refractivity contribution in [1.82, 2.24) is 5.32 Å². The monoisotopic (exact) mass is 269 g/mol. The van der Waals surface area contributed by atoms with Crippen molar-refractivity contribution in [2.75, 3.05) is 7.05 Å². The normalized spacial score (nSPS) is 18.3. The Bertz CT molecular complexity index is 558. The van der Waals surface area contributed by atoms with E-state index >= 15 is 0 Å². The number of benzene rings is 2. The van der Waals surface area contributed by atoms with E-state index in [-0.39, 0.29) is 17.3 Å². The summed E-state index contributed by atoms with van der Waals surface area (Å²) in [5.74, 6) is -0.175. The van der Waals surface area contributed by atoms with Crippen LogP contribution in [0.2, 0.25) is 0 Å². The van der Waals surface area contributed by atoms with Gasteiger partial charge in [0.25, 0.3) is 0 Å². The predicted molar refractivity (Wildman–Crippen MR) is 80.2 cm³/mol. The van der Waals surface area contributed by atoms with Crippen LogP contribution in [0.15, 0.2) is 54.6 Å². The second-order valence-corrected chi connectivity index (χ2v) is 5.65. The second-order valence-electron chi connectivity index (χ2n) is 5.65. The molecule has 0 spiro atoms. The first-order valence-corrected chi connectivity index (χ1v) is 7.24. The highest BCUT2D eigenvalue weighted by Gasteiger charge is 2.45. The van der Waals surface area contributed by atoms with Crippen molar-refractivity contribution in [3.8, 4) is 0 Å². The summed E-state index contributed by atoms with van der Waals surface area (Å²) in [7, 11) is 2.00. The van der Waals surface area contributed by atoms with Gasteiger partial charge in [-0.15, -0.1) is 0 Å². The fraction of sp³-hybridized carbons (Fsp3) is 0.333. The minimum atomic E-state index is -0.175. The maximum absolute atomic E-state index is 13.1. The Labute approximate surface area is 119 Å². The Morgan fingerprint density at radius 2 is 1.65 bits per heavy atom. The van der Waals surface area contributed by atoms with Crippen LogP contribution in [0.25, 0.3) is 0 Å². The number of nitrogens with one attached hydrogen (secondary N) is 1. The van der Waals surface area contributed by atoms with E-state index in [4.69, 9.17) is 0 Å². The molecule has 1 unspecified atom stereocenters. The summed E-state index contributed by atoms with van der Waals surface area (Å²) in [5, 5.41) is 3.46. The standard InChI is InChI=1S/C18H20FN/c1-20-17(14-8-10-16(19)11-9-14)18(12-5-13-18)15-6-3-2-4-7-15/h2-4,6-11,17,20H,5,12-13H2,1H3. The van der Waals surface area contributed by atoms with Gasteiger partial charge in [0, 0.05) is 11.5 Å². The summed E-state index contributed by atoms with van der Waals surface area (Å²) in [4.78, 5) is 0. The number of likely N-dealkylation sites (N-methyl/N-ethyl adjacent to an activating group) is 1. The molecule has 1 atom stereocenters. The summed E-state index contributed by atoms with van der Waals surface area (Å²) in [6.07, 6.45) is 3.62. The zero-order valence-corrected chi connectivity index (χ0v) is 11.8. The Morgan fingerprint density at radius 1 is 1.00 bits per heavy atom. The van der Waals surface area contributed by atoms with Gasteiger partial charge >= 0.3 is 0 Å². The van der Waals surface area contributed by atoms with Gasteiger partial charge in [0.15, 0.2) is 0 Å². The minimum absolute atomic E-state index is 0.147. The molecule has 0 saturated heterocycles. The van der Waals surface area contributed by atoms with Crippen LogP contribution >= 0.6 is 0 Å². The van der Waals surface area contributed by atoms with E-state index < -0.39 is 0 Å². The number of halogens is 1. The zero-order chi connectivity index (χ0) is 14.0. The molecule has 1 saturated carbocycles. The average Bonchev–Trinajstić information content (AvgIpc) is 2.45. The third kappa shape index (κ3) is 2.14. The molecule has 0 radical (unpaired) electrons. The maximum Gasteiger partial charge on any atom is 0.123 e. The Balaban J connectivity index is 2.00. The van der Waals surface area contributed by atoms with E-state index in [0.717, 1.165) is 5.56 Å². The second kappa shape index (κ2) is 5.37. The smallest absolute Gasteiger partial charge is 0.123 e.